The lowest BCUT2D eigenvalue weighted by Crippen LogP contribution is -2.06. The summed E-state index contributed by atoms with van der Waals surface area (Å²) in [5.74, 6) is -1.02. The average Bonchev–Trinajstić information content (AvgIpc) is 2.26. The number of aliphatic carboxylic acids is 1. The fourth-order valence-electron chi connectivity index (χ4n) is 1.89. The largest absolute Gasteiger partial charge is 0.481 e. The lowest BCUT2D eigenvalue weighted by molar-refractivity contribution is -0.139. The molecule has 4 heteroatoms. The normalized spacial score (nSPS) is 12.6. The molecule has 1 aromatic heterocycles. The molecule has 1 aromatic carbocycles. The molecule has 1 unspecified atom stereocenters. The van der Waals surface area contributed by atoms with Crippen molar-refractivity contribution < 1.29 is 15.0 Å². The highest BCUT2D eigenvalue weighted by Crippen LogP contribution is 2.25. The van der Waals surface area contributed by atoms with Crippen LogP contribution in [0.4, 0.5) is 0 Å². The fraction of sp³-hybridized carbons (Fsp3) is 0.231. The Morgan fingerprint density at radius 2 is 2.12 bits per heavy atom. The van der Waals surface area contributed by atoms with Crippen LogP contribution in [0.15, 0.2) is 30.3 Å². The van der Waals surface area contributed by atoms with E-state index in [2.05, 4.69) is 4.98 Å². The highest BCUT2D eigenvalue weighted by atomic mass is 16.4. The van der Waals surface area contributed by atoms with E-state index in [4.69, 9.17) is 5.11 Å². The number of hydrogen-bond donors (Lipinski definition) is 2. The third kappa shape index (κ3) is 2.42. The SMILES string of the molecule is Cc1cc(C(O)CC(=O)O)c2ccccc2n1. The number of aliphatic hydroxyl groups excluding tert-OH is 1. The number of carboxylic acids is 1. The molecule has 0 fully saturated rings. The van der Waals surface area contributed by atoms with Crippen LogP contribution in [0.3, 0.4) is 0 Å². The van der Waals surface area contributed by atoms with Gasteiger partial charge in [0.1, 0.15) is 0 Å². The third-order valence-electron chi connectivity index (χ3n) is 2.60. The maximum Gasteiger partial charge on any atom is 0.306 e. The highest BCUT2D eigenvalue weighted by Gasteiger charge is 2.15. The second kappa shape index (κ2) is 4.51. The third-order valence-corrected chi connectivity index (χ3v) is 2.60. The van der Waals surface area contributed by atoms with E-state index >= 15 is 0 Å². The van der Waals surface area contributed by atoms with Crippen molar-refractivity contribution in [1.82, 2.24) is 4.98 Å². The number of nitrogens with zero attached hydrogens (tertiary/aromatic N) is 1. The van der Waals surface area contributed by atoms with Crippen LogP contribution in [0.1, 0.15) is 23.8 Å². The first-order chi connectivity index (χ1) is 8.08. The first kappa shape index (κ1) is 11.5. The van der Waals surface area contributed by atoms with Crippen molar-refractivity contribution in [2.45, 2.75) is 19.4 Å². The van der Waals surface area contributed by atoms with E-state index in [0.717, 1.165) is 16.6 Å². The predicted molar refractivity (Wildman–Crippen MR) is 63.7 cm³/mol. The highest BCUT2D eigenvalue weighted by molar-refractivity contribution is 5.83. The van der Waals surface area contributed by atoms with Gasteiger partial charge in [0, 0.05) is 11.1 Å². The lowest BCUT2D eigenvalue weighted by atomic mass is 10.0. The molecule has 2 aromatic rings. The molecule has 4 nitrogen and oxygen atoms in total. The van der Waals surface area contributed by atoms with Crippen LogP contribution >= 0.6 is 0 Å². The van der Waals surface area contributed by atoms with Crippen molar-refractivity contribution in [2.75, 3.05) is 0 Å². The number of pyridine rings is 1. The molecule has 2 rings (SSSR count). The van der Waals surface area contributed by atoms with Gasteiger partial charge in [-0.25, -0.2) is 0 Å². The Balaban J connectivity index is 2.55. The maximum atomic E-state index is 10.6. The summed E-state index contributed by atoms with van der Waals surface area (Å²) < 4.78 is 0. The van der Waals surface area contributed by atoms with E-state index in [0.29, 0.717) is 5.56 Å². The summed E-state index contributed by atoms with van der Waals surface area (Å²) in [4.78, 5) is 15.0. The van der Waals surface area contributed by atoms with E-state index in [-0.39, 0.29) is 6.42 Å². The molecule has 0 radical (unpaired) electrons. The molecular weight excluding hydrogens is 218 g/mol. The van der Waals surface area contributed by atoms with Gasteiger partial charge in [-0.05, 0) is 24.6 Å². The number of benzene rings is 1. The molecule has 0 aliphatic heterocycles. The molecule has 1 atom stereocenters. The number of carboxylic acid groups (broad SMARTS) is 1. The Morgan fingerprint density at radius 3 is 2.82 bits per heavy atom. The molecule has 17 heavy (non-hydrogen) atoms. The van der Waals surface area contributed by atoms with Gasteiger partial charge in [-0.1, -0.05) is 18.2 Å². The van der Waals surface area contributed by atoms with Crippen molar-refractivity contribution in [2.24, 2.45) is 0 Å². The molecule has 1 heterocycles. The van der Waals surface area contributed by atoms with Crippen LogP contribution in [0, 0.1) is 6.92 Å². The van der Waals surface area contributed by atoms with Crippen molar-refractivity contribution in [3.05, 3.63) is 41.6 Å². The maximum absolute atomic E-state index is 10.6. The number of rotatable bonds is 3. The minimum Gasteiger partial charge on any atom is -0.481 e. The molecule has 0 saturated heterocycles. The lowest BCUT2D eigenvalue weighted by Gasteiger charge is -2.12. The van der Waals surface area contributed by atoms with Gasteiger partial charge in [-0.15, -0.1) is 0 Å². The van der Waals surface area contributed by atoms with E-state index in [1.807, 2.05) is 31.2 Å². The summed E-state index contributed by atoms with van der Waals surface area (Å²) in [5, 5.41) is 19.4. The van der Waals surface area contributed by atoms with Crippen LogP contribution < -0.4 is 0 Å². The van der Waals surface area contributed by atoms with Gasteiger partial charge in [0.25, 0.3) is 0 Å². The van der Waals surface area contributed by atoms with Gasteiger partial charge in [-0.2, -0.15) is 0 Å². The van der Waals surface area contributed by atoms with Gasteiger partial charge in [0.05, 0.1) is 18.0 Å². The minimum atomic E-state index is -1.02. The van der Waals surface area contributed by atoms with Crippen LogP contribution in [0.2, 0.25) is 0 Å². The smallest absolute Gasteiger partial charge is 0.306 e. The Kier molecular flexibility index (Phi) is 3.06. The zero-order valence-corrected chi connectivity index (χ0v) is 9.42. The Morgan fingerprint density at radius 1 is 1.41 bits per heavy atom. The summed E-state index contributed by atoms with van der Waals surface area (Å²) in [6.07, 6.45) is -1.30. The van der Waals surface area contributed by atoms with Crippen LogP contribution in [-0.2, 0) is 4.79 Å². The summed E-state index contributed by atoms with van der Waals surface area (Å²) >= 11 is 0. The molecule has 0 spiro atoms. The Hall–Kier alpha value is -1.94. The average molecular weight is 231 g/mol. The zero-order valence-electron chi connectivity index (χ0n) is 9.42. The van der Waals surface area contributed by atoms with Crippen LogP contribution in [-0.4, -0.2) is 21.2 Å². The number of aliphatic hydroxyl groups is 1. The van der Waals surface area contributed by atoms with Crippen molar-refractivity contribution in [3.8, 4) is 0 Å². The van der Waals surface area contributed by atoms with Crippen molar-refractivity contribution in [1.29, 1.82) is 0 Å². The van der Waals surface area contributed by atoms with Crippen LogP contribution in [0.25, 0.3) is 10.9 Å². The van der Waals surface area contributed by atoms with Crippen molar-refractivity contribution >= 4 is 16.9 Å². The van der Waals surface area contributed by atoms with Crippen LogP contribution in [0.5, 0.6) is 0 Å². The second-order valence-electron chi connectivity index (χ2n) is 3.98. The molecule has 0 amide bonds. The van der Waals surface area contributed by atoms with Gasteiger partial charge in [0.15, 0.2) is 0 Å². The monoisotopic (exact) mass is 231 g/mol. The summed E-state index contributed by atoms with van der Waals surface area (Å²) in [5.41, 5.74) is 2.16. The number of aryl methyl sites for hydroxylation is 1. The first-order valence-electron chi connectivity index (χ1n) is 5.34. The fourth-order valence-corrected chi connectivity index (χ4v) is 1.89. The van der Waals surface area contributed by atoms with Gasteiger partial charge in [-0.3, -0.25) is 9.78 Å². The first-order valence-corrected chi connectivity index (χ1v) is 5.34. The second-order valence-corrected chi connectivity index (χ2v) is 3.98. The number of fused-ring (bicyclic) bond motifs is 1. The van der Waals surface area contributed by atoms with E-state index in [1.54, 1.807) is 6.07 Å². The molecule has 2 N–H and O–H groups in total. The molecule has 0 saturated carbocycles. The Labute approximate surface area is 98.5 Å². The minimum absolute atomic E-state index is 0.298. The number of para-hydroxylation sites is 1. The van der Waals surface area contributed by atoms with Crippen molar-refractivity contribution in [3.63, 3.8) is 0 Å². The van der Waals surface area contributed by atoms with E-state index < -0.39 is 12.1 Å². The van der Waals surface area contributed by atoms with Gasteiger partial charge in [0.2, 0.25) is 0 Å². The number of hydrogen-bond acceptors (Lipinski definition) is 3. The molecule has 0 bridgehead atoms. The summed E-state index contributed by atoms with van der Waals surface area (Å²) in [6.45, 7) is 1.82. The van der Waals surface area contributed by atoms with Gasteiger partial charge >= 0.3 is 5.97 Å². The molecule has 0 aliphatic carbocycles. The van der Waals surface area contributed by atoms with Gasteiger partial charge < -0.3 is 10.2 Å². The summed E-state index contributed by atoms with van der Waals surface area (Å²) in [7, 11) is 0. The predicted octanol–water partition coefficient (Wildman–Crippen LogP) is 2.05. The molecule has 0 aliphatic rings. The Bertz CT molecular complexity index is 566. The van der Waals surface area contributed by atoms with E-state index in [9.17, 15) is 9.90 Å². The topological polar surface area (TPSA) is 70.4 Å². The molecular formula is C13H13NO3. The number of aromatic nitrogens is 1. The standard InChI is InChI=1S/C13H13NO3/c1-8-6-10(12(15)7-13(16)17)9-4-2-3-5-11(9)14-8/h2-6,12,15H,7H2,1H3,(H,16,17). The van der Waals surface area contributed by atoms with E-state index in [1.165, 1.54) is 0 Å². The number of carbonyl (C=O) groups is 1. The summed E-state index contributed by atoms with van der Waals surface area (Å²) in [6, 6.07) is 9.12. The quantitative estimate of drug-likeness (QED) is 0.848. The zero-order chi connectivity index (χ0) is 12.4. The molecule has 88 valence electrons.